The third-order valence-corrected chi connectivity index (χ3v) is 1.94. The highest BCUT2D eigenvalue weighted by Gasteiger charge is 2.10. The van der Waals surface area contributed by atoms with Crippen molar-refractivity contribution in [2.24, 2.45) is 0 Å². The van der Waals surface area contributed by atoms with Gasteiger partial charge in [-0.1, -0.05) is 11.6 Å². The molecule has 0 saturated heterocycles. The van der Waals surface area contributed by atoms with Gasteiger partial charge in [0.05, 0.1) is 7.11 Å². The summed E-state index contributed by atoms with van der Waals surface area (Å²) in [7, 11) is 1.30. The molecule has 0 fully saturated rings. The first kappa shape index (κ1) is 11.6. The SMILES string of the molecule is CC=C(Oc1ccc(Cl)cc1)C(=O)OC. The van der Waals surface area contributed by atoms with Crippen molar-refractivity contribution in [3.8, 4) is 5.75 Å². The van der Waals surface area contributed by atoms with Gasteiger partial charge in [-0.15, -0.1) is 0 Å². The third kappa shape index (κ3) is 3.29. The van der Waals surface area contributed by atoms with Crippen molar-refractivity contribution >= 4 is 17.6 Å². The number of esters is 1. The first-order valence-corrected chi connectivity index (χ1v) is 4.73. The Kier molecular flexibility index (Phi) is 4.18. The molecule has 0 bridgehead atoms. The number of benzene rings is 1. The number of carbonyl (C=O) groups excluding carboxylic acids is 1. The van der Waals surface area contributed by atoms with E-state index in [2.05, 4.69) is 4.74 Å². The highest BCUT2D eigenvalue weighted by Crippen LogP contribution is 2.18. The number of rotatable bonds is 3. The van der Waals surface area contributed by atoms with Gasteiger partial charge in [0.15, 0.2) is 0 Å². The Morgan fingerprint density at radius 1 is 1.33 bits per heavy atom. The van der Waals surface area contributed by atoms with Crippen LogP contribution in [-0.4, -0.2) is 13.1 Å². The van der Waals surface area contributed by atoms with Gasteiger partial charge in [0.2, 0.25) is 5.76 Å². The van der Waals surface area contributed by atoms with E-state index in [-0.39, 0.29) is 5.76 Å². The maximum atomic E-state index is 11.2. The lowest BCUT2D eigenvalue weighted by atomic mass is 10.3. The van der Waals surface area contributed by atoms with Gasteiger partial charge in [0, 0.05) is 5.02 Å². The Morgan fingerprint density at radius 3 is 2.40 bits per heavy atom. The van der Waals surface area contributed by atoms with Crippen LogP contribution in [0.1, 0.15) is 6.92 Å². The van der Waals surface area contributed by atoms with Crippen molar-refractivity contribution in [3.63, 3.8) is 0 Å². The number of hydrogen-bond acceptors (Lipinski definition) is 3. The van der Waals surface area contributed by atoms with Gasteiger partial charge < -0.3 is 9.47 Å². The molecule has 0 aliphatic rings. The molecule has 0 saturated carbocycles. The topological polar surface area (TPSA) is 35.5 Å². The Bertz CT molecular complexity index is 368. The summed E-state index contributed by atoms with van der Waals surface area (Å²) in [6.45, 7) is 1.70. The largest absolute Gasteiger partial charge is 0.463 e. The molecule has 1 rings (SSSR count). The van der Waals surface area contributed by atoms with E-state index in [1.54, 1.807) is 37.3 Å². The van der Waals surface area contributed by atoms with Crippen LogP contribution in [0.4, 0.5) is 0 Å². The summed E-state index contributed by atoms with van der Waals surface area (Å²) in [5, 5.41) is 0.613. The van der Waals surface area contributed by atoms with E-state index in [1.807, 2.05) is 0 Å². The average Bonchev–Trinajstić information content (AvgIpc) is 2.27. The van der Waals surface area contributed by atoms with E-state index >= 15 is 0 Å². The molecular formula is C11H11ClO3. The smallest absolute Gasteiger partial charge is 0.373 e. The van der Waals surface area contributed by atoms with Gasteiger partial charge in [0.1, 0.15) is 5.75 Å². The number of allylic oxidation sites excluding steroid dienone is 1. The lowest BCUT2D eigenvalue weighted by molar-refractivity contribution is -0.138. The predicted molar refractivity (Wildman–Crippen MR) is 57.9 cm³/mol. The number of ether oxygens (including phenoxy) is 2. The first-order valence-electron chi connectivity index (χ1n) is 4.35. The van der Waals surface area contributed by atoms with E-state index in [0.29, 0.717) is 10.8 Å². The molecule has 0 spiro atoms. The molecule has 0 aliphatic carbocycles. The summed E-state index contributed by atoms with van der Waals surface area (Å²) in [6.07, 6.45) is 1.54. The third-order valence-electron chi connectivity index (χ3n) is 1.69. The molecule has 3 nitrogen and oxygen atoms in total. The van der Waals surface area contributed by atoms with Crippen LogP contribution in [0.15, 0.2) is 36.1 Å². The zero-order chi connectivity index (χ0) is 11.3. The molecule has 15 heavy (non-hydrogen) atoms. The minimum Gasteiger partial charge on any atom is -0.463 e. The lowest BCUT2D eigenvalue weighted by Gasteiger charge is -2.07. The normalized spacial score (nSPS) is 11.0. The van der Waals surface area contributed by atoms with Crippen LogP contribution in [0.2, 0.25) is 5.02 Å². The van der Waals surface area contributed by atoms with Crippen LogP contribution in [0, 0.1) is 0 Å². The molecule has 80 valence electrons. The molecule has 0 radical (unpaired) electrons. The van der Waals surface area contributed by atoms with E-state index < -0.39 is 5.97 Å². The van der Waals surface area contributed by atoms with E-state index in [1.165, 1.54) is 7.11 Å². The van der Waals surface area contributed by atoms with Crippen LogP contribution in [0.3, 0.4) is 0 Å². The lowest BCUT2D eigenvalue weighted by Crippen LogP contribution is -2.10. The fraction of sp³-hybridized carbons (Fsp3) is 0.182. The van der Waals surface area contributed by atoms with Crippen molar-refractivity contribution < 1.29 is 14.3 Å². The molecule has 1 aromatic rings. The Morgan fingerprint density at radius 2 is 1.93 bits per heavy atom. The van der Waals surface area contributed by atoms with Gasteiger partial charge in [-0.25, -0.2) is 4.79 Å². The van der Waals surface area contributed by atoms with Crippen molar-refractivity contribution in [2.45, 2.75) is 6.92 Å². The second kappa shape index (κ2) is 5.41. The summed E-state index contributed by atoms with van der Waals surface area (Å²) in [4.78, 5) is 11.2. The molecule has 1 aromatic carbocycles. The van der Waals surface area contributed by atoms with Crippen molar-refractivity contribution in [1.82, 2.24) is 0 Å². The fourth-order valence-electron chi connectivity index (χ4n) is 0.949. The predicted octanol–water partition coefficient (Wildman–Crippen LogP) is 2.80. The fourth-order valence-corrected chi connectivity index (χ4v) is 1.07. The average molecular weight is 227 g/mol. The van der Waals surface area contributed by atoms with Crippen molar-refractivity contribution in [3.05, 3.63) is 41.1 Å². The van der Waals surface area contributed by atoms with Crippen molar-refractivity contribution in [2.75, 3.05) is 7.11 Å². The molecule has 0 amide bonds. The minimum absolute atomic E-state index is 0.153. The van der Waals surface area contributed by atoms with E-state index in [9.17, 15) is 4.79 Å². The molecule has 0 heterocycles. The molecule has 0 aromatic heterocycles. The van der Waals surface area contributed by atoms with Crippen LogP contribution in [0.5, 0.6) is 5.75 Å². The van der Waals surface area contributed by atoms with Gasteiger partial charge in [-0.3, -0.25) is 0 Å². The van der Waals surface area contributed by atoms with E-state index in [0.717, 1.165) is 0 Å². The molecule has 0 atom stereocenters. The van der Waals surface area contributed by atoms with Gasteiger partial charge in [-0.2, -0.15) is 0 Å². The van der Waals surface area contributed by atoms with Gasteiger partial charge >= 0.3 is 5.97 Å². The summed E-state index contributed by atoms with van der Waals surface area (Å²) in [5.74, 6) is 0.185. The highest BCUT2D eigenvalue weighted by molar-refractivity contribution is 6.30. The molecule has 0 aliphatic heterocycles. The summed E-state index contributed by atoms with van der Waals surface area (Å²) in [5.41, 5.74) is 0. The van der Waals surface area contributed by atoms with Crippen LogP contribution in [-0.2, 0) is 9.53 Å². The number of carbonyl (C=O) groups is 1. The number of methoxy groups -OCH3 is 1. The first-order chi connectivity index (χ1) is 7.17. The minimum atomic E-state index is -0.507. The maximum absolute atomic E-state index is 11.2. The zero-order valence-corrected chi connectivity index (χ0v) is 9.25. The molecular weight excluding hydrogens is 216 g/mol. The Balaban J connectivity index is 2.76. The molecule has 0 unspecified atom stereocenters. The summed E-state index contributed by atoms with van der Waals surface area (Å²) < 4.78 is 9.84. The summed E-state index contributed by atoms with van der Waals surface area (Å²) >= 11 is 5.71. The number of hydrogen-bond donors (Lipinski definition) is 0. The standard InChI is InChI=1S/C11H11ClO3/c1-3-10(11(13)14-2)15-9-6-4-8(12)5-7-9/h3-7H,1-2H3. The monoisotopic (exact) mass is 226 g/mol. The summed E-state index contributed by atoms with van der Waals surface area (Å²) in [6, 6.07) is 6.71. The second-order valence-electron chi connectivity index (χ2n) is 2.70. The van der Waals surface area contributed by atoms with Gasteiger partial charge in [-0.05, 0) is 37.3 Å². The molecule has 0 N–H and O–H groups in total. The van der Waals surface area contributed by atoms with Crippen LogP contribution < -0.4 is 4.74 Å². The van der Waals surface area contributed by atoms with Crippen LogP contribution in [0.25, 0.3) is 0 Å². The van der Waals surface area contributed by atoms with Crippen LogP contribution >= 0.6 is 11.6 Å². The zero-order valence-electron chi connectivity index (χ0n) is 8.49. The molecule has 4 heteroatoms. The van der Waals surface area contributed by atoms with Gasteiger partial charge in [0.25, 0.3) is 0 Å². The highest BCUT2D eigenvalue weighted by atomic mass is 35.5. The number of halogens is 1. The van der Waals surface area contributed by atoms with Crippen molar-refractivity contribution in [1.29, 1.82) is 0 Å². The Labute approximate surface area is 93.3 Å². The second-order valence-corrected chi connectivity index (χ2v) is 3.14. The van der Waals surface area contributed by atoms with E-state index in [4.69, 9.17) is 16.3 Å². The quantitative estimate of drug-likeness (QED) is 0.452. The maximum Gasteiger partial charge on any atom is 0.373 e. The Hall–Kier alpha value is -1.48.